The molecule has 0 aromatic heterocycles. The van der Waals surface area contributed by atoms with Crippen molar-refractivity contribution in [1.29, 1.82) is 0 Å². The molecule has 2 N–H and O–H groups in total. The normalized spacial score (nSPS) is 13.3. The molecule has 0 fully saturated rings. The fourth-order valence-corrected chi connectivity index (χ4v) is 3.33. The van der Waals surface area contributed by atoms with Gasteiger partial charge in [-0.25, -0.2) is 0 Å². The van der Waals surface area contributed by atoms with Gasteiger partial charge in [0.25, 0.3) is 0 Å². The summed E-state index contributed by atoms with van der Waals surface area (Å²) >= 11 is -0.763. The van der Waals surface area contributed by atoms with Crippen molar-refractivity contribution in [3.63, 3.8) is 0 Å². The number of rotatable bonds is 2. The molecule has 0 aliphatic carbocycles. The van der Waals surface area contributed by atoms with Gasteiger partial charge >= 0.3 is 82.7 Å². The van der Waals surface area contributed by atoms with Gasteiger partial charge in [-0.15, -0.1) is 0 Å². The second-order valence-corrected chi connectivity index (χ2v) is 7.57. The average molecular weight is 323 g/mol. The van der Waals surface area contributed by atoms with Crippen molar-refractivity contribution in [3.8, 4) is 0 Å². The van der Waals surface area contributed by atoms with Gasteiger partial charge in [0.15, 0.2) is 0 Å². The minimum atomic E-state index is -0.763. The molecule has 0 unspecified atom stereocenters. The van der Waals surface area contributed by atoms with Gasteiger partial charge in [-0.1, -0.05) is 0 Å². The Morgan fingerprint density at radius 2 is 1.00 bits per heavy atom. The topological polar surface area (TPSA) is 24.1 Å². The van der Waals surface area contributed by atoms with E-state index in [1.807, 2.05) is 0 Å². The first-order chi connectivity index (χ1) is 4.71. The molecule has 0 rings (SSSR count). The molecule has 0 spiro atoms. The SMILES string of the molecule is CC(C)(C)[NH][Hf][NH]C(C)(C)C. The molecule has 0 radical (unpaired) electrons. The maximum atomic E-state index is 3.56. The Bertz CT molecular complexity index is 96.2. The van der Waals surface area contributed by atoms with Gasteiger partial charge in [0.05, 0.1) is 0 Å². The van der Waals surface area contributed by atoms with Crippen LogP contribution in [0.2, 0.25) is 0 Å². The van der Waals surface area contributed by atoms with Crippen LogP contribution in [-0.4, -0.2) is 11.1 Å². The van der Waals surface area contributed by atoms with E-state index >= 15 is 0 Å². The fraction of sp³-hybridized carbons (Fsp3) is 1.00. The molecule has 0 aromatic rings. The molecule has 2 nitrogen and oxygen atoms in total. The Kier molecular flexibility index (Phi) is 4.45. The van der Waals surface area contributed by atoms with Crippen LogP contribution in [-0.2, 0) is 23.5 Å². The second kappa shape index (κ2) is 4.15. The van der Waals surface area contributed by atoms with Crippen LogP contribution in [0.25, 0.3) is 0 Å². The molecule has 0 atom stereocenters. The van der Waals surface area contributed by atoms with Gasteiger partial charge < -0.3 is 0 Å². The molecule has 0 bridgehead atoms. The minimum absolute atomic E-state index is 0.293. The third-order valence-corrected chi connectivity index (χ3v) is 7.16. The van der Waals surface area contributed by atoms with Crippen molar-refractivity contribution in [2.24, 2.45) is 0 Å². The Balaban J connectivity index is 3.44. The molecule has 0 aliphatic rings. The van der Waals surface area contributed by atoms with Crippen molar-refractivity contribution in [2.45, 2.75) is 52.6 Å². The van der Waals surface area contributed by atoms with E-state index in [1.54, 1.807) is 0 Å². The van der Waals surface area contributed by atoms with E-state index in [4.69, 9.17) is 0 Å². The predicted octanol–water partition coefficient (Wildman–Crippen LogP) is 1.68. The van der Waals surface area contributed by atoms with E-state index in [1.165, 1.54) is 0 Å². The van der Waals surface area contributed by atoms with Crippen LogP contribution in [0, 0.1) is 0 Å². The van der Waals surface area contributed by atoms with Crippen molar-refractivity contribution < 1.29 is 23.5 Å². The first-order valence-corrected chi connectivity index (χ1v) is 7.59. The Morgan fingerprint density at radius 3 is 1.18 bits per heavy atom. The summed E-state index contributed by atoms with van der Waals surface area (Å²) in [7, 11) is 0. The van der Waals surface area contributed by atoms with E-state index in [9.17, 15) is 0 Å². The molecule has 0 aliphatic heterocycles. The summed E-state index contributed by atoms with van der Waals surface area (Å²) in [5.74, 6) is 0. The molecule has 11 heavy (non-hydrogen) atoms. The summed E-state index contributed by atoms with van der Waals surface area (Å²) in [5, 5.41) is 0. The van der Waals surface area contributed by atoms with Gasteiger partial charge in [0, 0.05) is 0 Å². The number of nitrogens with one attached hydrogen (secondary N) is 2. The summed E-state index contributed by atoms with van der Waals surface area (Å²) in [6.07, 6.45) is 0. The zero-order chi connectivity index (χ0) is 9.12. The zero-order valence-corrected chi connectivity index (χ0v) is 12.1. The molecule has 66 valence electrons. The van der Waals surface area contributed by atoms with Crippen LogP contribution in [0.3, 0.4) is 0 Å². The molecule has 3 heteroatoms. The van der Waals surface area contributed by atoms with Crippen LogP contribution >= 0.6 is 0 Å². The number of hydrogen-bond acceptors (Lipinski definition) is 2. The van der Waals surface area contributed by atoms with Crippen LogP contribution in [0.5, 0.6) is 0 Å². The summed E-state index contributed by atoms with van der Waals surface area (Å²) in [6, 6.07) is 0. The van der Waals surface area contributed by atoms with Crippen LogP contribution in [0.15, 0.2) is 0 Å². The van der Waals surface area contributed by atoms with Gasteiger partial charge in [-0.2, -0.15) is 0 Å². The quantitative estimate of drug-likeness (QED) is 0.756. The zero-order valence-electron chi connectivity index (χ0n) is 8.50. The van der Waals surface area contributed by atoms with Crippen molar-refractivity contribution in [3.05, 3.63) is 0 Å². The summed E-state index contributed by atoms with van der Waals surface area (Å²) in [5.41, 5.74) is 0.586. The van der Waals surface area contributed by atoms with Crippen molar-refractivity contribution in [2.75, 3.05) is 0 Å². The van der Waals surface area contributed by atoms with E-state index in [2.05, 4.69) is 48.2 Å². The maximum absolute atomic E-state index is 3.56. The van der Waals surface area contributed by atoms with Crippen LogP contribution in [0.4, 0.5) is 0 Å². The van der Waals surface area contributed by atoms with Crippen LogP contribution in [0.1, 0.15) is 41.5 Å². The van der Waals surface area contributed by atoms with Gasteiger partial charge in [-0.3, -0.25) is 0 Å². The summed E-state index contributed by atoms with van der Waals surface area (Å²) in [4.78, 5) is 0. The molecule has 0 aromatic carbocycles. The fourth-order valence-electron chi connectivity index (χ4n) is 0.406. The van der Waals surface area contributed by atoms with Crippen LogP contribution < -0.4 is 6.61 Å². The molecular formula is C8H20HfN2. The third kappa shape index (κ3) is 10.8. The van der Waals surface area contributed by atoms with Crippen molar-refractivity contribution >= 4 is 0 Å². The molecule has 0 saturated heterocycles. The average Bonchev–Trinajstić information content (AvgIpc) is 1.55. The second-order valence-electron chi connectivity index (χ2n) is 4.88. The van der Waals surface area contributed by atoms with E-state index in [-0.39, 0.29) is 0 Å². The first kappa shape index (κ1) is 11.8. The van der Waals surface area contributed by atoms with E-state index in [0.29, 0.717) is 11.1 Å². The molecule has 0 heterocycles. The van der Waals surface area contributed by atoms with Crippen molar-refractivity contribution in [1.82, 2.24) is 6.61 Å². The van der Waals surface area contributed by atoms with Gasteiger partial charge in [0.2, 0.25) is 0 Å². The van der Waals surface area contributed by atoms with E-state index < -0.39 is 23.5 Å². The Hall–Kier alpha value is 0.790. The summed E-state index contributed by atoms with van der Waals surface area (Å²) in [6.45, 7) is 13.3. The Labute approximate surface area is 82.7 Å². The standard InChI is InChI=1S/2C4H10N.Hf/c2*1-4(2,3)5;/h2*5H,1-3H3;/q2*-1;+2. The van der Waals surface area contributed by atoms with Gasteiger partial charge in [0.1, 0.15) is 0 Å². The van der Waals surface area contributed by atoms with Gasteiger partial charge in [-0.05, 0) is 0 Å². The predicted molar refractivity (Wildman–Crippen MR) is 45.8 cm³/mol. The van der Waals surface area contributed by atoms with E-state index in [0.717, 1.165) is 0 Å². The number of hydrogen-bond donors (Lipinski definition) is 2. The molecule has 0 saturated carbocycles. The molecule has 0 amide bonds. The summed E-state index contributed by atoms with van der Waals surface area (Å²) < 4.78 is 7.12. The third-order valence-electron chi connectivity index (χ3n) is 0.875. The first-order valence-electron chi connectivity index (χ1n) is 4.00. The molecular weight excluding hydrogens is 303 g/mol. The Morgan fingerprint density at radius 1 is 0.727 bits per heavy atom. The monoisotopic (exact) mass is 324 g/mol.